The van der Waals surface area contributed by atoms with Gasteiger partial charge in [-0.3, -0.25) is 4.79 Å². The summed E-state index contributed by atoms with van der Waals surface area (Å²) in [6.45, 7) is 17.0. The van der Waals surface area contributed by atoms with E-state index in [1.165, 1.54) is 0 Å². The molecular weight excluding hydrogens is 532 g/mol. The Morgan fingerprint density at radius 2 is 1.33 bits per heavy atom. The van der Waals surface area contributed by atoms with E-state index in [0.29, 0.717) is 30.1 Å². The number of aliphatic imine (C=N–C) groups is 1. The molecule has 1 amide bonds. The van der Waals surface area contributed by atoms with Crippen molar-refractivity contribution >= 4 is 17.7 Å². The van der Waals surface area contributed by atoms with E-state index in [-0.39, 0.29) is 34.3 Å². The summed E-state index contributed by atoms with van der Waals surface area (Å²) in [7, 11) is 1.58. The number of hydrogen-bond donors (Lipinski definition) is 1. The van der Waals surface area contributed by atoms with Crippen molar-refractivity contribution in [3.63, 3.8) is 0 Å². The molecule has 2 aromatic carbocycles. The molecule has 0 bridgehead atoms. The fourth-order valence-electron chi connectivity index (χ4n) is 4.89. The smallest absolute Gasteiger partial charge is 0.422 e. The average molecular weight is 575 g/mol. The summed E-state index contributed by atoms with van der Waals surface area (Å²) < 4.78 is 17.5. The van der Waals surface area contributed by atoms with Crippen molar-refractivity contribution in [2.75, 3.05) is 26.9 Å². The molecule has 1 aromatic heterocycles. The first-order valence-corrected chi connectivity index (χ1v) is 14.2. The minimum absolute atomic E-state index is 0.0569. The number of fused-ring (bicyclic) bond motifs is 1. The molecule has 8 nitrogen and oxygen atoms in total. The van der Waals surface area contributed by atoms with Crippen molar-refractivity contribution in [1.29, 1.82) is 0 Å². The SMILES string of the molecule is COCCOCC(C)(C)OC(=O)n1c(O)c2c(c1-c1ccc(C(C)(C)C)cc1)C(=O)N=C2c1ccc(C(C)(C)C)cc1. The third kappa shape index (κ3) is 6.35. The first-order chi connectivity index (χ1) is 19.5. The minimum atomic E-state index is -1.02. The maximum absolute atomic E-state index is 13.8. The lowest BCUT2D eigenvalue weighted by Crippen LogP contribution is -2.35. The summed E-state index contributed by atoms with van der Waals surface area (Å²) in [5.74, 6) is -0.927. The number of amides is 1. The van der Waals surface area contributed by atoms with Gasteiger partial charge < -0.3 is 19.3 Å². The van der Waals surface area contributed by atoms with E-state index < -0.39 is 23.5 Å². The molecule has 224 valence electrons. The fourth-order valence-corrected chi connectivity index (χ4v) is 4.89. The van der Waals surface area contributed by atoms with Gasteiger partial charge in [-0.15, -0.1) is 0 Å². The predicted octanol–water partition coefficient (Wildman–Crippen LogP) is 6.87. The minimum Gasteiger partial charge on any atom is -0.494 e. The molecule has 1 aliphatic heterocycles. The molecule has 42 heavy (non-hydrogen) atoms. The summed E-state index contributed by atoms with van der Waals surface area (Å²) in [5.41, 5.74) is 3.20. The molecule has 1 aliphatic rings. The van der Waals surface area contributed by atoms with Gasteiger partial charge in [0.2, 0.25) is 5.88 Å². The van der Waals surface area contributed by atoms with Gasteiger partial charge in [-0.25, -0.2) is 14.4 Å². The van der Waals surface area contributed by atoms with E-state index in [1.54, 1.807) is 21.0 Å². The van der Waals surface area contributed by atoms with E-state index >= 15 is 0 Å². The summed E-state index contributed by atoms with van der Waals surface area (Å²) in [5, 5.41) is 11.6. The van der Waals surface area contributed by atoms with Crippen LogP contribution in [0.1, 0.15) is 88.0 Å². The van der Waals surface area contributed by atoms with E-state index in [0.717, 1.165) is 15.7 Å². The van der Waals surface area contributed by atoms with Crippen molar-refractivity contribution in [2.45, 2.75) is 71.8 Å². The van der Waals surface area contributed by atoms with Crippen molar-refractivity contribution in [3.05, 3.63) is 76.3 Å². The van der Waals surface area contributed by atoms with Crippen LogP contribution in [-0.4, -0.2) is 59.9 Å². The molecule has 0 saturated heterocycles. The summed E-state index contributed by atoms with van der Waals surface area (Å²) in [4.78, 5) is 31.6. The highest BCUT2D eigenvalue weighted by Gasteiger charge is 2.39. The van der Waals surface area contributed by atoms with Crippen LogP contribution in [0.15, 0.2) is 53.5 Å². The number of ether oxygens (including phenoxy) is 3. The molecule has 0 fully saturated rings. The Bertz CT molecular complexity index is 1500. The van der Waals surface area contributed by atoms with Crippen LogP contribution in [0.3, 0.4) is 0 Å². The Balaban J connectivity index is 1.82. The van der Waals surface area contributed by atoms with Crippen LogP contribution in [0.4, 0.5) is 4.79 Å². The highest BCUT2D eigenvalue weighted by atomic mass is 16.6. The quantitative estimate of drug-likeness (QED) is 0.295. The maximum Gasteiger partial charge on any atom is 0.422 e. The normalized spacial score (nSPS) is 13.7. The molecule has 0 saturated carbocycles. The second kappa shape index (κ2) is 11.5. The van der Waals surface area contributed by atoms with Crippen LogP contribution in [-0.2, 0) is 25.0 Å². The molecule has 0 atom stereocenters. The van der Waals surface area contributed by atoms with E-state index in [1.807, 2.05) is 48.5 Å². The van der Waals surface area contributed by atoms with Crippen LogP contribution in [0, 0.1) is 0 Å². The van der Waals surface area contributed by atoms with Gasteiger partial charge in [0.05, 0.1) is 42.4 Å². The first-order valence-electron chi connectivity index (χ1n) is 14.2. The van der Waals surface area contributed by atoms with Gasteiger partial charge in [0.1, 0.15) is 5.60 Å². The van der Waals surface area contributed by atoms with Crippen LogP contribution in [0.2, 0.25) is 0 Å². The number of nitrogens with zero attached hydrogens (tertiary/aromatic N) is 2. The molecule has 2 heterocycles. The predicted molar refractivity (Wildman–Crippen MR) is 164 cm³/mol. The lowest BCUT2D eigenvalue weighted by Gasteiger charge is -2.25. The Morgan fingerprint density at radius 1 is 0.810 bits per heavy atom. The number of benzene rings is 2. The van der Waals surface area contributed by atoms with Gasteiger partial charge in [0.15, 0.2) is 0 Å². The summed E-state index contributed by atoms with van der Waals surface area (Å²) >= 11 is 0. The van der Waals surface area contributed by atoms with Gasteiger partial charge in [-0.2, -0.15) is 0 Å². The van der Waals surface area contributed by atoms with Gasteiger partial charge >= 0.3 is 6.09 Å². The maximum atomic E-state index is 13.8. The number of aromatic nitrogens is 1. The molecular formula is C34H42N2O6. The molecule has 0 aliphatic carbocycles. The average Bonchev–Trinajstić information content (AvgIpc) is 3.40. The number of carbonyl (C=O) groups is 2. The zero-order chi connectivity index (χ0) is 31.0. The van der Waals surface area contributed by atoms with Crippen LogP contribution in [0.5, 0.6) is 5.88 Å². The third-order valence-electron chi connectivity index (χ3n) is 7.29. The lowest BCUT2D eigenvalue weighted by atomic mass is 9.86. The molecule has 8 heteroatoms. The van der Waals surface area contributed by atoms with Crippen molar-refractivity contribution in [2.24, 2.45) is 4.99 Å². The Labute approximate surface area is 248 Å². The number of rotatable bonds is 8. The van der Waals surface area contributed by atoms with Gasteiger partial charge in [0, 0.05) is 12.7 Å². The zero-order valence-corrected chi connectivity index (χ0v) is 26.1. The molecule has 4 rings (SSSR count). The van der Waals surface area contributed by atoms with E-state index in [9.17, 15) is 14.7 Å². The summed E-state index contributed by atoms with van der Waals surface area (Å²) in [6.07, 6.45) is -0.827. The highest BCUT2D eigenvalue weighted by Crippen LogP contribution is 2.42. The first kappa shape index (κ1) is 31.2. The fraction of sp³-hybridized carbons (Fsp3) is 0.441. The van der Waals surface area contributed by atoms with E-state index in [2.05, 4.69) is 46.5 Å². The number of aromatic hydroxyl groups is 1. The van der Waals surface area contributed by atoms with Gasteiger partial charge in [-0.05, 0) is 41.4 Å². The number of carbonyl (C=O) groups excluding carboxylic acids is 2. The highest BCUT2D eigenvalue weighted by molar-refractivity contribution is 6.31. The van der Waals surface area contributed by atoms with Crippen molar-refractivity contribution in [1.82, 2.24) is 4.57 Å². The molecule has 0 radical (unpaired) electrons. The molecule has 0 spiro atoms. The third-order valence-corrected chi connectivity index (χ3v) is 7.29. The Morgan fingerprint density at radius 3 is 1.83 bits per heavy atom. The standard InChI is InChI=1S/C34H42N2O6/c1-32(2,3)23-14-10-21(11-15-23)27-25-26(29(37)35-27)28(22-12-16-24(17-13-22)33(4,5)6)36(30(25)38)31(39)42-34(7,8)20-41-19-18-40-9/h10-17,38H,18-20H2,1-9H3. The lowest BCUT2D eigenvalue weighted by molar-refractivity contribution is -0.0422. The number of methoxy groups -OCH3 is 1. The number of hydrogen-bond acceptors (Lipinski definition) is 6. The second-order valence-electron chi connectivity index (χ2n) is 13.4. The molecule has 1 N–H and O–H groups in total. The van der Waals surface area contributed by atoms with Gasteiger partial charge in [-0.1, -0.05) is 90.1 Å². The van der Waals surface area contributed by atoms with Crippen LogP contribution in [0.25, 0.3) is 11.3 Å². The van der Waals surface area contributed by atoms with Crippen molar-refractivity contribution < 1.29 is 28.9 Å². The monoisotopic (exact) mass is 574 g/mol. The summed E-state index contributed by atoms with van der Waals surface area (Å²) in [6, 6.07) is 15.4. The van der Waals surface area contributed by atoms with Crippen LogP contribution < -0.4 is 0 Å². The van der Waals surface area contributed by atoms with Gasteiger partial charge in [0.25, 0.3) is 5.91 Å². The molecule has 0 unspecified atom stereocenters. The molecule has 3 aromatic rings. The second-order valence-corrected chi connectivity index (χ2v) is 13.4. The largest absolute Gasteiger partial charge is 0.494 e. The topological polar surface area (TPSA) is 99.4 Å². The van der Waals surface area contributed by atoms with Crippen LogP contribution >= 0.6 is 0 Å². The van der Waals surface area contributed by atoms with Crippen molar-refractivity contribution in [3.8, 4) is 17.1 Å². The Kier molecular flexibility index (Phi) is 8.54. The Hall–Kier alpha value is -3.75. The zero-order valence-electron chi connectivity index (χ0n) is 26.1. The van der Waals surface area contributed by atoms with E-state index in [4.69, 9.17) is 14.2 Å².